The van der Waals surface area contributed by atoms with Crippen LogP contribution in [0.4, 0.5) is 0 Å². The predicted molar refractivity (Wildman–Crippen MR) is 91.9 cm³/mol. The number of aromatic nitrogens is 6. The highest BCUT2D eigenvalue weighted by Crippen LogP contribution is 2.21. The first-order valence-corrected chi connectivity index (χ1v) is 8.26. The van der Waals surface area contributed by atoms with Gasteiger partial charge in [0.05, 0.1) is 27.5 Å². The molecule has 0 radical (unpaired) electrons. The van der Waals surface area contributed by atoms with E-state index in [2.05, 4.69) is 29.9 Å². The Balaban J connectivity index is 1.59. The Bertz CT molecular complexity index is 966. The van der Waals surface area contributed by atoms with Crippen molar-refractivity contribution in [3.8, 4) is 11.4 Å². The zero-order chi connectivity index (χ0) is 17.4. The summed E-state index contributed by atoms with van der Waals surface area (Å²) in [5.41, 5.74) is 2.91. The number of rotatable bonds is 3. The van der Waals surface area contributed by atoms with Crippen molar-refractivity contribution >= 4 is 11.6 Å². The summed E-state index contributed by atoms with van der Waals surface area (Å²) in [5, 5.41) is 5.00. The van der Waals surface area contributed by atoms with E-state index in [-0.39, 0.29) is 5.56 Å². The smallest absolute Gasteiger partial charge is 0.255 e. The maximum Gasteiger partial charge on any atom is 0.255 e. The Morgan fingerprint density at radius 3 is 2.84 bits per heavy atom. The lowest BCUT2D eigenvalue weighted by Crippen LogP contribution is -2.35. The SMILES string of the molecule is Cn1cc(Cl)c(CN2CCc3nc(-c4cncnc4)[nH]c(=O)c3C2)n1. The van der Waals surface area contributed by atoms with E-state index in [9.17, 15) is 4.79 Å². The quantitative estimate of drug-likeness (QED) is 0.756. The normalized spacial score (nSPS) is 14.5. The van der Waals surface area contributed by atoms with Crippen LogP contribution in [0.5, 0.6) is 0 Å². The highest BCUT2D eigenvalue weighted by molar-refractivity contribution is 6.31. The van der Waals surface area contributed by atoms with Gasteiger partial charge in [0.25, 0.3) is 5.56 Å². The Labute approximate surface area is 148 Å². The number of hydrogen-bond acceptors (Lipinski definition) is 6. The maximum atomic E-state index is 12.5. The van der Waals surface area contributed by atoms with Gasteiger partial charge >= 0.3 is 0 Å². The largest absolute Gasteiger partial charge is 0.306 e. The summed E-state index contributed by atoms with van der Waals surface area (Å²) >= 11 is 6.18. The summed E-state index contributed by atoms with van der Waals surface area (Å²) < 4.78 is 1.69. The van der Waals surface area contributed by atoms with Crippen molar-refractivity contribution in [3.05, 3.63) is 57.2 Å². The fraction of sp³-hybridized carbons (Fsp3) is 0.312. The van der Waals surface area contributed by atoms with Gasteiger partial charge in [0.2, 0.25) is 0 Å². The Kier molecular flexibility index (Phi) is 4.06. The molecule has 0 saturated carbocycles. The van der Waals surface area contributed by atoms with Crippen molar-refractivity contribution in [2.45, 2.75) is 19.5 Å². The zero-order valence-electron chi connectivity index (χ0n) is 13.6. The van der Waals surface area contributed by atoms with Crippen LogP contribution in [-0.4, -0.2) is 41.2 Å². The highest BCUT2D eigenvalue weighted by atomic mass is 35.5. The average Bonchev–Trinajstić information content (AvgIpc) is 2.93. The van der Waals surface area contributed by atoms with Crippen LogP contribution in [0, 0.1) is 0 Å². The Morgan fingerprint density at radius 1 is 1.32 bits per heavy atom. The molecule has 3 aromatic rings. The molecule has 0 aromatic carbocycles. The third-order valence-corrected chi connectivity index (χ3v) is 4.53. The lowest BCUT2D eigenvalue weighted by molar-refractivity contribution is 0.238. The van der Waals surface area contributed by atoms with Gasteiger partial charge in [0, 0.05) is 51.7 Å². The summed E-state index contributed by atoms with van der Waals surface area (Å²) in [7, 11) is 1.84. The van der Waals surface area contributed by atoms with E-state index in [0.29, 0.717) is 41.5 Å². The summed E-state index contributed by atoms with van der Waals surface area (Å²) in [6.07, 6.45) is 7.19. The first-order valence-electron chi connectivity index (χ1n) is 7.88. The van der Waals surface area contributed by atoms with Crippen molar-refractivity contribution in [2.75, 3.05) is 6.54 Å². The Hall–Kier alpha value is -2.58. The summed E-state index contributed by atoms with van der Waals surface area (Å²) in [6.45, 7) is 1.92. The summed E-state index contributed by atoms with van der Waals surface area (Å²) in [4.78, 5) is 30.0. The third kappa shape index (κ3) is 3.18. The molecular formula is C16H16ClN7O. The van der Waals surface area contributed by atoms with E-state index in [4.69, 9.17) is 11.6 Å². The molecule has 1 N–H and O–H groups in total. The molecule has 128 valence electrons. The zero-order valence-corrected chi connectivity index (χ0v) is 14.4. The maximum absolute atomic E-state index is 12.5. The lowest BCUT2D eigenvalue weighted by Gasteiger charge is -2.27. The number of nitrogens with one attached hydrogen (secondary N) is 1. The number of nitrogens with zero attached hydrogens (tertiary/aromatic N) is 6. The van der Waals surface area contributed by atoms with Crippen molar-refractivity contribution in [1.82, 2.24) is 34.6 Å². The summed E-state index contributed by atoms with van der Waals surface area (Å²) in [5.74, 6) is 0.505. The molecule has 0 amide bonds. The number of aromatic amines is 1. The molecule has 0 fully saturated rings. The second-order valence-electron chi connectivity index (χ2n) is 6.02. The summed E-state index contributed by atoms with van der Waals surface area (Å²) in [6, 6.07) is 0. The fourth-order valence-corrected chi connectivity index (χ4v) is 3.24. The van der Waals surface area contributed by atoms with E-state index < -0.39 is 0 Å². The van der Waals surface area contributed by atoms with Crippen LogP contribution in [0.1, 0.15) is 17.0 Å². The molecule has 0 bridgehead atoms. The molecule has 3 aromatic heterocycles. The van der Waals surface area contributed by atoms with E-state index >= 15 is 0 Å². The van der Waals surface area contributed by atoms with E-state index in [1.165, 1.54) is 6.33 Å². The van der Waals surface area contributed by atoms with Gasteiger partial charge in [-0.3, -0.25) is 14.4 Å². The van der Waals surface area contributed by atoms with Crippen LogP contribution < -0.4 is 5.56 Å². The molecule has 25 heavy (non-hydrogen) atoms. The number of halogens is 1. The van der Waals surface area contributed by atoms with Gasteiger partial charge in [-0.2, -0.15) is 5.10 Å². The molecule has 4 heterocycles. The first kappa shape index (κ1) is 15.9. The van der Waals surface area contributed by atoms with Gasteiger partial charge in [0.1, 0.15) is 12.2 Å². The van der Waals surface area contributed by atoms with Crippen molar-refractivity contribution in [1.29, 1.82) is 0 Å². The van der Waals surface area contributed by atoms with Crippen LogP contribution in [0.15, 0.2) is 29.7 Å². The van der Waals surface area contributed by atoms with Gasteiger partial charge in [-0.25, -0.2) is 15.0 Å². The van der Waals surface area contributed by atoms with Crippen molar-refractivity contribution < 1.29 is 0 Å². The number of hydrogen-bond donors (Lipinski definition) is 1. The standard InChI is InChI=1S/C16H16ClN7O/c1-23-7-12(17)14(22-23)8-24-3-2-13-11(6-24)16(25)21-15(20-13)10-4-18-9-19-5-10/h4-5,7,9H,2-3,6,8H2,1H3,(H,20,21,25). The van der Waals surface area contributed by atoms with Gasteiger partial charge in [-0.05, 0) is 0 Å². The minimum absolute atomic E-state index is 0.124. The highest BCUT2D eigenvalue weighted by Gasteiger charge is 2.23. The molecule has 8 nitrogen and oxygen atoms in total. The van der Waals surface area contributed by atoms with Crippen molar-refractivity contribution in [2.24, 2.45) is 7.05 Å². The minimum atomic E-state index is -0.124. The van der Waals surface area contributed by atoms with Crippen LogP contribution in [-0.2, 0) is 26.6 Å². The number of aryl methyl sites for hydroxylation is 1. The molecule has 0 saturated heterocycles. The predicted octanol–water partition coefficient (Wildman–Crippen LogP) is 1.17. The van der Waals surface area contributed by atoms with E-state index in [1.807, 2.05) is 7.05 Å². The van der Waals surface area contributed by atoms with E-state index in [0.717, 1.165) is 17.9 Å². The lowest BCUT2D eigenvalue weighted by atomic mass is 10.1. The average molecular weight is 358 g/mol. The molecule has 1 aliphatic rings. The van der Waals surface area contributed by atoms with Crippen LogP contribution in [0.3, 0.4) is 0 Å². The molecule has 0 unspecified atom stereocenters. The van der Waals surface area contributed by atoms with Gasteiger partial charge in [-0.1, -0.05) is 11.6 Å². The molecule has 0 aliphatic carbocycles. The molecule has 0 atom stereocenters. The second kappa shape index (κ2) is 6.38. The molecular weight excluding hydrogens is 342 g/mol. The van der Waals surface area contributed by atoms with Crippen LogP contribution in [0.25, 0.3) is 11.4 Å². The van der Waals surface area contributed by atoms with Gasteiger partial charge in [0.15, 0.2) is 0 Å². The van der Waals surface area contributed by atoms with Crippen LogP contribution in [0.2, 0.25) is 5.02 Å². The van der Waals surface area contributed by atoms with Crippen LogP contribution >= 0.6 is 11.6 Å². The minimum Gasteiger partial charge on any atom is -0.306 e. The van der Waals surface area contributed by atoms with Crippen molar-refractivity contribution in [3.63, 3.8) is 0 Å². The molecule has 4 rings (SSSR count). The monoisotopic (exact) mass is 357 g/mol. The topological polar surface area (TPSA) is 92.6 Å². The molecule has 9 heteroatoms. The fourth-order valence-electron chi connectivity index (χ4n) is 3.00. The molecule has 1 aliphatic heterocycles. The molecule has 0 spiro atoms. The first-order chi connectivity index (χ1) is 12.1. The van der Waals surface area contributed by atoms with Gasteiger partial charge < -0.3 is 4.98 Å². The van der Waals surface area contributed by atoms with Gasteiger partial charge in [-0.15, -0.1) is 0 Å². The van der Waals surface area contributed by atoms with E-state index in [1.54, 1.807) is 23.3 Å². The number of H-pyrrole nitrogens is 1. The Morgan fingerprint density at radius 2 is 2.12 bits per heavy atom. The second-order valence-corrected chi connectivity index (χ2v) is 6.43. The number of fused-ring (bicyclic) bond motifs is 1. The third-order valence-electron chi connectivity index (χ3n) is 4.21.